The number of nitrogens with one attached hydrogen (secondary N) is 1. The molecule has 1 atom stereocenters. The molecule has 0 saturated heterocycles. The minimum atomic E-state index is -1.26. The molecule has 0 bridgehead atoms. The Bertz CT molecular complexity index is 847. The number of carbonyl (C=O) groups excluding carboxylic acids is 5. The van der Waals surface area contributed by atoms with Crippen LogP contribution in [0.2, 0.25) is 10.0 Å². The van der Waals surface area contributed by atoms with Crippen molar-refractivity contribution in [3.63, 3.8) is 0 Å². The van der Waals surface area contributed by atoms with Gasteiger partial charge in [0.1, 0.15) is 6.04 Å². The van der Waals surface area contributed by atoms with E-state index in [2.05, 4.69) is 5.32 Å². The maximum absolute atomic E-state index is 12.5. The number of fused-ring (bicyclic) bond motifs is 1. The van der Waals surface area contributed by atoms with E-state index in [1.165, 1.54) is 19.1 Å². The highest BCUT2D eigenvalue weighted by Gasteiger charge is 2.42. The zero-order chi connectivity index (χ0) is 22.4. The van der Waals surface area contributed by atoms with Crippen LogP contribution in [0.15, 0.2) is 12.1 Å². The Morgan fingerprint density at radius 1 is 1.07 bits per heavy atom. The van der Waals surface area contributed by atoms with Crippen LogP contribution in [0.1, 0.15) is 47.4 Å². The number of nitrogens with zero attached hydrogens (tertiary/aromatic N) is 1. The fourth-order valence-electron chi connectivity index (χ4n) is 2.71. The van der Waals surface area contributed by atoms with Gasteiger partial charge in [-0.3, -0.25) is 24.1 Å². The summed E-state index contributed by atoms with van der Waals surface area (Å²) in [5, 5.41) is 2.70. The molecule has 162 valence electrons. The van der Waals surface area contributed by atoms with Crippen LogP contribution in [-0.2, 0) is 23.9 Å². The highest BCUT2D eigenvalue weighted by molar-refractivity contribution is 6.43. The number of benzene rings is 1. The quantitative estimate of drug-likeness (QED) is 0.341. The normalized spacial score (nSPS) is 13.7. The van der Waals surface area contributed by atoms with Gasteiger partial charge >= 0.3 is 11.9 Å². The Labute approximate surface area is 182 Å². The molecule has 3 amide bonds. The van der Waals surface area contributed by atoms with Crippen molar-refractivity contribution < 1.29 is 33.4 Å². The van der Waals surface area contributed by atoms with Crippen molar-refractivity contribution in [2.75, 3.05) is 19.8 Å². The second-order valence-electron chi connectivity index (χ2n) is 6.33. The molecule has 1 aromatic rings. The van der Waals surface area contributed by atoms with Crippen molar-refractivity contribution in [2.45, 2.75) is 32.7 Å². The first-order chi connectivity index (χ1) is 14.2. The summed E-state index contributed by atoms with van der Waals surface area (Å²) in [6.07, 6.45) is 0.522. The number of imide groups is 1. The summed E-state index contributed by atoms with van der Waals surface area (Å²) >= 11 is 11.8. The lowest BCUT2D eigenvalue weighted by molar-refractivity contribution is -0.151. The van der Waals surface area contributed by atoms with E-state index in [4.69, 9.17) is 32.7 Å². The van der Waals surface area contributed by atoms with Crippen molar-refractivity contribution in [1.82, 2.24) is 10.2 Å². The third kappa shape index (κ3) is 5.48. The maximum atomic E-state index is 12.5. The first-order valence-electron chi connectivity index (χ1n) is 9.13. The molecule has 1 heterocycles. The molecule has 0 fully saturated rings. The molecule has 1 aliphatic heterocycles. The van der Waals surface area contributed by atoms with Crippen LogP contribution in [0.25, 0.3) is 0 Å². The third-order valence-electron chi connectivity index (χ3n) is 4.22. The molecule has 30 heavy (non-hydrogen) atoms. The first kappa shape index (κ1) is 23.6. The summed E-state index contributed by atoms with van der Waals surface area (Å²) in [6, 6.07) is 1.27. The largest absolute Gasteiger partial charge is 0.466 e. The van der Waals surface area contributed by atoms with E-state index in [0.717, 1.165) is 4.90 Å². The molecule has 0 saturated carbocycles. The Kier molecular flexibility index (Phi) is 8.19. The summed E-state index contributed by atoms with van der Waals surface area (Å²) in [7, 11) is 0. The Hall–Kier alpha value is -2.65. The number of halogens is 2. The standard InChI is InChI=1S/C19H20Cl2N2O7/c1-3-29-16(25)5-4-6-22-15(24)9-30-19(28)10(2)23-17(26)11-7-13(20)14(21)8-12(11)18(23)27/h7-8,10H,3-6,9H2,1-2H3,(H,22,24). The molecule has 1 unspecified atom stereocenters. The Balaban J connectivity index is 1.85. The average Bonchev–Trinajstić information content (AvgIpc) is 2.93. The summed E-state index contributed by atoms with van der Waals surface area (Å²) in [5.74, 6) is -3.29. The van der Waals surface area contributed by atoms with Crippen LogP contribution in [0.3, 0.4) is 0 Å². The molecule has 0 spiro atoms. The van der Waals surface area contributed by atoms with Crippen molar-refractivity contribution >= 4 is 52.9 Å². The predicted molar refractivity (Wildman–Crippen MR) is 106 cm³/mol. The molecular formula is C19H20Cl2N2O7. The summed E-state index contributed by atoms with van der Waals surface area (Å²) in [6.45, 7) is 2.90. The van der Waals surface area contributed by atoms with E-state index in [0.29, 0.717) is 6.42 Å². The fourth-order valence-corrected chi connectivity index (χ4v) is 3.04. The van der Waals surface area contributed by atoms with Gasteiger partial charge in [-0.2, -0.15) is 0 Å². The second kappa shape index (κ2) is 10.4. The number of amides is 3. The van der Waals surface area contributed by atoms with Gasteiger partial charge in [-0.25, -0.2) is 4.79 Å². The molecule has 11 heteroatoms. The van der Waals surface area contributed by atoms with Crippen molar-refractivity contribution in [3.05, 3.63) is 33.3 Å². The molecular weight excluding hydrogens is 439 g/mol. The van der Waals surface area contributed by atoms with Crippen LogP contribution in [-0.4, -0.2) is 60.4 Å². The van der Waals surface area contributed by atoms with E-state index >= 15 is 0 Å². The molecule has 1 aliphatic rings. The minimum absolute atomic E-state index is 0.0355. The van der Waals surface area contributed by atoms with Crippen LogP contribution < -0.4 is 5.32 Å². The highest BCUT2D eigenvalue weighted by Crippen LogP contribution is 2.32. The van der Waals surface area contributed by atoms with Crippen LogP contribution in [0.4, 0.5) is 0 Å². The van der Waals surface area contributed by atoms with E-state index in [1.807, 2.05) is 0 Å². The second-order valence-corrected chi connectivity index (χ2v) is 7.15. The zero-order valence-electron chi connectivity index (χ0n) is 16.3. The van der Waals surface area contributed by atoms with Gasteiger partial charge < -0.3 is 14.8 Å². The van der Waals surface area contributed by atoms with Gasteiger partial charge in [-0.05, 0) is 32.4 Å². The van der Waals surface area contributed by atoms with Crippen LogP contribution in [0.5, 0.6) is 0 Å². The molecule has 1 N–H and O–H groups in total. The van der Waals surface area contributed by atoms with E-state index < -0.39 is 36.3 Å². The van der Waals surface area contributed by atoms with Gasteiger partial charge in [0.25, 0.3) is 17.7 Å². The molecule has 9 nitrogen and oxygen atoms in total. The van der Waals surface area contributed by atoms with E-state index in [1.54, 1.807) is 6.92 Å². The van der Waals surface area contributed by atoms with Crippen molar-refractivity contribution in [1.29, 1.82) is 0 Å². The lowest BCUT2D eigenvalue weighted by atomic mass is 10.1. The smallest absolute Gasteiger partial charge is 0.329 e. The number of carbonyl (C=O) groups is 5. The Morgan fingerprint density at radius 2 is 1.63 bits per heavy atom. The van der Waals surface area contributed by atoms with Gasteiger partial charge in [-0.1, -0.05) is 23.2 Å². The molecule has 2 rings (SSSR count). The van der Waals surface area contributed by atoms with Crippen molar-refractivity contribution in [2.24, 2.45) is 0 Å². The summed E-state index contributed by atoms with van der Waals surface area (Å²) in [4.78, 5) is 61.0. The average molecular weight is 459 g/mol. The van der Waals surface area contributed by atoms with Gasteiger partial charge in [0.15, 0.2) is 6.61 Å². The highest BCUT2D eigenvalue weighted by atomic mass is 35.5. The fraction of sp³-hybridized carbons (Fsp3) is 0.421. The van der Waals surface area contributed by atoms with E-state index in [9.17, 15) is 24.0 Å². The lowest BCUT2D eigenvalue weighted by Crippen LogP contribution is -2.44. The molecule has 0 aromatic heterocycles. The molecule has 0 radical (unpaired) electrons. The number of rotatable bonds is 9. The van der Waals surface area contributed by atoms with Gasteiger partial charge in [-0.15, -0.1) is 0 Å². The monoisotopic (exact) mass is 458 g/mol. The van der Waals surface area contributed by atoms with Crippen molar-refractivity contribution in [3.8, 4) is 0 Å². The zero-order valence-corrected chi connectivity index (χ0v) is 17.8. The Morgan fingerprint density at radius 3 is 2.17 bits per heavy atom. The topological polar surface area (TPSA) is 119 Å². The summed E-state index contributed by atoms with van der Waals surface area (Å²) in [5.41, 5.74) is 0.0711. The SMILES string of the molecule is CCOC(=O)CCCNC(=O)COC(=O)C(C)N1C(=O)c2cc(Cl)c(Cl)cc2C1=O. The number of ether oxygens (including phenoxy) is 2. The van der Waals surface area contributed by atoms with Crippen LogP contribution >= 0.6 is 23.2 Å². The maximum Gasteiger partial charge on any atom is 0.329 e. The number of esters is 2. The van der Waals surface area contributed by atoms with Gasteiger partial charge in [0.05, 0.1) is 27.8 Å². The number of hydrogen-bond donors (Lipinski definition) is 1. The molecule has 1 aromatic carbocycles. The predicted octanol–water partition coefficient (Wildman–Crippen LogP) is 1.98. The first-order valence-corrected chi connectivity index (χ1v) is 9.88. The van der Waals surface area contributed by atoms with E-state index in [-0.39, 0.29) is 46.7 Å². The lowest BCUT2D eigenvalue weighted by Gasteiger charge is -2.20. The summed E-state index contributed by atoms with van der Waals surface area (Å²) < 4.78 is 9.66. The third-order valence-corrected chi connectivity index (χ3v) is 4.94. The van der Waals surface area contributed by atoms with Gasteiger partial charge in [0.2, 0.25) is 0 Å². The minimum Gasteiger partial charge on any atom is -0.466 e. The van der Waals surface area contributed by atoms with Gasteiger partial charge in [0, 0.05) is 13.0 Å². The molecule has 0 aliphatic carbocycles. The number of hydrogen-bond acceptors (Lipinski definition) is 7. The van der Waals surface area contributed by atoms with Crippen LogP contribution in [0, 0.1) is 0 Å².